The van der Waals surface area contributed by atoms with E-state index in [-0.39, 0.29) is 0 Å². The Morgan fingerprint density at radius 2 is 2.00 bits per heavy atom. The molecule has 0 unspecified atom stereocenters. The minimum absolute atomic E-state index is 0.389. The molecule has 7 nitrogen and oxygen atoms in total. The van der Waals surface area contributed by atoms with E-state index in [2.05, 4.69) is 51.4 Å². The Bertz CT molecular complexity index is 1070. The first-order valence-electron chi connectivity index (χ1n) is 10.4. The number of hydrogen-bond donors (Lipinski definition) is 1. The number of piperazine rings is 1. The van der Waals surface area contributed by atoms with E-state index < -0.39 is 0 Å². The third-order valence-electron chi connectivity index (χ3n) is 6.11. The largest absolute Gasteiger partial charge is 0.365 e. The van der Waals surface area contributed by atoms with Crippen LogP contribution in [0.2, 0.25) is 0 Å². The molecule has 0 spiro atoms. The molecule has 1 atom stereocenters. The third-order valence-corrected chi connectivity index (χ3v) is 6.11. The summed E-state index contributed by atoms with van der Waals surface area (Å²) in [6.07, 6.45) is 2.81. The predicted octanol–water partition coefficient (Wildman–Crippen LogP) is 2.52. The van der Waals surface area contributed by atoms with Crippen molar-refractivity contribution in [1.29, 1.82) is 5.26 Å². The molecule has 2 aliphatic rings. The smallest absolute Gasteiger partial charge is 0.142 e. The molecular weight excluding hydrogens is 362 g/mol. The maximum atomic E-state index is 9.36. The number of hydrogen-bond acceptors (Lipinski definition) is 6. The van der Waals surface area contributed by atoms with Crippen LogP contribution < -0.4 is 15.1 Å². The highest BCUT2D eigenvalue weighted by Crippen LogP contribution is 2.35. The van der Waals surface area contributed by atoms with Gasteiger partial charge in [0.05, 0.1) is 23.1 Å². The number of nitrogens with one attached hydrogen (secondary N) is 1. The second-order valence-corrected chi connectivity index (χ2v) is 7.78. The maximum absolute atomic E-state index is 9.36. The molecule has 0 aliphatic carbocycles. The van der Waals surface area contributed by atoms with E-state index in [0.717, 1.165) is 62.7 Å². The number of pyridine rings is 2. The number of nitriles is 1. The minimum Gasteiger partial charge on any atom is -0.365 e. The first-order chi connectivity index (χ1) is 14.3. The molecule has 7 heteroatoms. The van der Waals surface area contributed by atoms with Gasteiger partial charge < -0.3 is 15.1 Å². The first-order valence-corrected chi connectivity index (χ1v) is 10.4. The first kappa shape index (κ1) is 18.0. The zero-order valence-corrected chi connectivity index (χ0v) is 16.7. The van der Waals surface area contributed by atoms with Gasteiger partial charge in [-0.25, -0.2) is 9.50 Å². The van der Waals surface area contributed by atoms with E-state index >= 15 is 0 Å². The second-order valence-electron chi connectivity index (χ2n) is 7.78. The van der Waals surface area contributed by atoms with E-state index in [1.807, 2.05) is 12.1 Å². The Morgan fingerprint density at radius 1 is 1.14 bits per heavy atom. The lowest BCUT2D eigenvalue weighted by atomic mass is 9.92. The highest BCUT2D eigenvalue weighted by molar-refractivity contribution is 5.74. The van der Waals surface area contributed by atoms with Gasteiger partial charge in [0.25, 0.3) is 0 Å². The van der Waals surface area contributed by atoms with E-state index in [4.69, 9.17) is 4.98 Å². The van der Waals surface area contributed by atoms with Crippen molar-refractivity contribution in [3.63, 3.8) is 0 Å². The summed E-state index contributed by atoms with van der Waals surface area (Å²) in [5.74, 6) is 1.49. The number of anilines is 2. The second kappa shape index (κ2) is 7.37. The summed E-state index contributed by atoms with van der Waals surface area (Å²) < 4.78 is 1.73. The molecule has 2 aliphatic heterocycles. The molecule has 3 aromatic heterocycles. The van der Waals surface area contributed by atoms with Gasteiger partial charge in [-0.1, -0.05) is 13.0 Å². The highest BCUT2D eigenvalue weighted by Gasteiger charge is 2.28. The molecule has 5 heterocycles. The van der Waals surface area contributed by atoms with E-state index in [9.17, 15) is 5.26 Å². The number of fused-ring (bicyclic) bond motifs is 2. The highest BCUT2D eigenvalue weighted by atomic mass is 15.3. The maximum Gasteiger partial charge on any atom is 0.142 e. The van der Waals surface area contributed by atoms with Gasteiger partial charge in [-0.3, -0.25) is 0 Å². The van der Waals surface area contributed by atoms with Crippen molar-refractivity contribution in [3.8, 4) is 6.07 Å². The number of rotatable bonds is 3. The third kappa shape index (κ3) is 3.10. The topological polar surface area (TPSA) is 72.5 Å². The molecule has 1 fully saturated rings. The van der Waals surface area contributed by atoms with Crippen LogP contribution in [0.1, 0.15) is 36.2 Å². The molecule has 148 valence electrons. The van der Waals surface area contributed by atoms with Gasteiger partial charge in [-0.05, 0) is 36.2 Å². The fourth-order valence-electron chi connectivity index (χ4n) is 4.53. The van der Waals surface area contributed by atoms with Gasteiger partial charge in [0, 0.05) is 45.2 Å². The van der Waals surface area contributed by atoms with Gasteiger partial charge in [0.15, 0.2) is 0 Å². The Morgan fingerprint density at radius 3 is 2.79 bits per heavy atom. The molecule has 5 rings (SSSR count). The molecule has 0 radical (unpaired) electrons. The van der Waals surface area contributed by atoms with Crippen LogP contribution in [0.15, 0.2) is 36.5 Å². The number of nitrogens with zero attached hydrogens (tertiary/aromatic N) is 6. The summed E-state index contributed by atoms with van der Waals surface area (Å²) in [4.78, 5) is 9.89. The Balaban J connectivity index is 1.50. The predicted molar refractivity (Wildman–Crippen MR) is 113 cm³/mol. The van der Waals surface area contributed by atoms with Crippen molar-refractivity contribution in [2.45, 2.75) is 25.8 Å². The van der Waals surface area contributed by atoms with Crippen LogP contribution in [-0.4, -0.2) is 47.3 Å². The molecule has 1 N–H and O–H groups in total. The molecule has 0 saturated carbocycles. The van der Waals surface area contributed by atoms with Crippen LogP contribution in [-0.2, 0) is 6.54 Å². The van der Waals surface area contributed by atoms with E-state index in [1.54, 1.807) is 10.7 Å². The van der Waals surface area contributed by atoms with Crippen molar-refractivity contribution in [1.82, 2.24) is 19.9 Å². The van der Waals surface area contributed by atoms with Crippen molar-refractivity contribution in [3.05, 3.63) is 53.5 Å². The lowest BCUT2D eigenvalue weighted by Gasteiger charge is -2.36. The fourth-order valence-corrected chi connectivity index (χ4v) is 4.53. The fraction of sp³-hybridized carbons (Fsp3) is 0.409. The molecular formula is C22H25N7. The molecule has 0 aromatic carbocycles. The normalized spacial score (nSPS) is 19.2. The van der Waals surface area contributed by atoms with Gasteiger partial charge >= 0.3 is 0 Å². The lowest BCUT2D eigenvalue weighted by molar-refractivity contribution is 0.559. The van der Waals surface area contributed by atoms with Crippen LogP contribution in [0, 0.1) is 11.3 Å². The van der Waals surface area contributed by atoms with Gasteiger partial charge in [-0.15, -0.1) is 0 Å². The van der Waals surface area contributed by atoms with Crippen LogP contribution in [0.5, 0.6) is 0 Å². The number of aromatic nitrogens is 3. The lowest BCUT2D eigenvalue weighted by Crippen LogP contribution is -2.44. The van der Waals surface area contributed by atoms with Crippen molar-refractivity contribution in [2.75, 3.05) is 42.5 Å². The SMILES string of the molecule is CC[C@H]1CN(c2ccc(C#N)n3nccc23)Cc2ccc(N3CCNCC3)nc21. The quantitative estimate of drug-likeness (QED) is 0.745. The molecule has 29 heavy (non-hydrogen) atoms. The summed E-state index contributed by atoms with van der Waals surface area (Å²) in [5.41, 5.74) is 5.20. The average Bonchev–Trinajstić information content (AvgIpc) is 3.28. The average molecular weight is 387 g/mol. The van der Waals surface area contributed by atoms with Crippen molar-refractivity contribution >= 4 is 17.0 Å². The summed E-state index contributed by atoms with van der Waals surface area (Å²) in [6, 6.07) is 12.5. The zero-order chi connectivity index (χ0) is 19.8. The van der Waals surface area contributed by atoms with Crippen molar-refractivity contribution < 1.29 is 0 Å². The monoisotopic (exact) mass is 387 g/mol. The van der Waals surface area contributed by atoms with Gasteiger partial charge in [-0.2, -0.15) is 10.4 Å². The summed E-state index contributed by atoms with van der Waals surface area (Å²) in [7, 11) is 0. The van der Waals surface area contributed by atoms with Crippen LogP contribution in [0.3, 0.4) is 0 Å². The Labute approximate surface area is 170 Å². The van der Waals surface area contributed by atoms with Gasteiger partial charge in [0.1, 0.15) is 17.6 Å². The summed E-state index contributed by atoms with van der Waals surface area (Å²) in [6.45, 7) is 8.05. The standard InChI is InChI=1S/C22H25N7/c1-2-16-14-28(19-5-4-18(13-23)29-20(19)7-8-25-29)15-17-3-6-21(26-22(16)17)27-11-9-24-10-12-27/h3-8,16,24H,2,9-12,14-15H2,1H3/t16-/m0/s1. The van der Waals surface area contributed by atoms with Crippen molar-refractivity contribution in [2.24, 2.45) is 0 Å². The Hall–Kier alpha value is -3.11. The summed E-state index contributed by atoms with van der Waals surface area (Å²) in [5, 5.41) is 17.1. The molecule has 1 saturated heterocycles. The molecule has 0 bridgehead atoms. The summed E-state index contributed by atoms with van der Waals surface area (Å²) >= 11 is 0. The van der Waals surface area contributed by atoms with Crippen LogP contribution >= 0.6 is 0 Å². The minimum atomic E-state index is 0.389. The van der Waals surface area contributed by atoms with E-state index in [0.29, 0.717) is 11.6 Å². The Kier molecular flexibility index (Phi) is 4.57. The van der Waals surface area contributed by atoms with Crippen LogP contribution in [0.4, 0.5) is 11.5 Å². The molecule has 0 amide bonds. The van der Waals surface area contributed by atoms with E-state index in [1.165, 1.54) is 11.3 Å². The van der Waals surface area contributed by atoms with Gasteiger partial charge in [0.2, 0.25) is 0 Å². The van der Waals surface area contributed by atoms with Crippen LogP contribution in [0.25, 0.3) is 5.52 Å². The molecule has 3 aromatic rings. The zero-order valence-electron chi connectivity index (χ0n) is 16.7.